The molecular weight excluding hydrogens is 333 g/mol. The van der Waals surface area contributed by atoms with Gasteiger partial charge in [0.15, 0.2) is 0 Å². The van der Waals surface area contributed by atoms with Crippen LogP contribution < -0.4 is 5.56 Å². The van der Waals surface area contributed by atoms with E-state index in [0.717, 1.165) is 38.0 Å². The minimum atomic E-state index is -0.185. The molecule has 0 bridgehead atoms. The summed E-state index contributed by atoms with van der Waals surface area (Å²) < 4.78 is 14.3. The molecule has 1 aliphatic rings. The SMILES string of the molecule is O=c1cc(CN2CCC[C@H](CCc3ccc(F)cc3)C2)nc2nc[nH]n12. The van der Waals surface area contributed by atoms with Crippen molar-refractivity contribution in [2.75, 3.05) is 13.1 Å². The Balaban J connectivity index is 1.36. The molecule has 136 valence electrons. The third kappa shape index (κ3) is 3.83. The number of aryl methyl sites for hydroxylation is 1. The summed E-state index contributed by atoms with van der Waals surface area (Å²) >= 11 is 0. The maximum absolute atomic E-state index is 13.0. The molecule has 7 heteroatoms. The Bertz CT molecular complexity index is 933. The summed E-state index contributed by atoms with van der Waals surface area (Å²) in [5, 5.41) is 2.75. The summed E-state index contributed by atoms with van der Waals surface area (Å²) in [6.07, 6.45) is 5.90. The molecule has 1 N–H and O–H groups in total. The smallest absolute Gasteiger partial charge is 0.274 e. The Morgan fingerprint density at radius 1 is 1.27 bits per heavy atom. The molecule has 1 fully saturated rings. The first-order valence-corrected chi connectivity index (χ1v) is 9.06. The van der Waals surface area contributed by atoms with Gasteiger partial charge in [-0.3, -0.25) is 14.8 Å². The normalized spacial score (nSPS) is 18.4. The molecule has 6 nitrogen and oxygen atoms in total. The zero-order valence-electron chi connectivity index (χ0n) is 14.6. The highest BCUT2D eigenvalue weighted by atomic mass is 19.1. The van der Waals surface area contributed by atoms with E-state index < -0.39 is 0 Å². The monoisotopic (exact) mass is 355 g/mol. The van der Waals surface area contributed by atoms with Crippen LogP contribution in [0.5, 0.6) is 0 Å². The quantitative estimate of drug-likeness (QED) is 0.763. The van der Waals surface area contributed by atoms with Gasteiger partial charge < -0.3 is 0 Å². The van der Waals surface area contributed by atoms with E-state index in [2.05, 4.69) is 20.0 Å². The third-order valence-corrected chi connectivity index (χ3v) is 5.06. The first-order chi connectivity index (χ1) is 12.7. The summed E-state index contributed by atoms with van der Waals surface area (Å²) in [7, 11) is 0. The Morgan fingerprint density at radius 3 is 2.96 bits per heavy atom. The predicted molar refractivity (Wildman–Crippen MR) is 96.3 cm³/mol. The molecule has 1 aliphatic heterocycles. The van der Waals surface area contributed by atoms with E-state index in [1.165, 1.54) is 35.0 Å². The number of aromatic nitrogens is 4. The van der Waals surface area contributed by atoms with Crippen LogP contribution in [0.25, 0.3) is 5.78 Å². The molecule has 26 heavy (non-hydrogen) atoms. The lowest BCUT2D eigenvalue weighted by Gasteiger charge is -2.32. The topological polar surface area (TPSA) is 66.3 Å². The molecule has 4 rings (SSSR count). The van der Waals surface area contributed by atoms with Crippen molar-refractivity contribution in [2.45, 2.75) is 32.2 Å². The molecule has 1 saturated heterocycles. The summed E-state index contributed by atoms with van der Waals surface area (Å²) in [5.41, 5.74) is 1.82. The number of H-pyrrole nitrogens is 1. The summed E-state index contributed by atoms with van der Waals surface area (Å²) in [5.74, 6) is 0.844. The number of benzene rings is 1. The second kappa shape index (κ2) is 7.37. The van der Waals surface area contributed by atoms with E-state index in [-0.39, 0.29) is 11.4 Å². The molecule has 1 aromatic carbocycles. The zero-order chi connectivity index (χ0) is 17.9. The van der Waals surface area contributed by atoms with Crippen LogP contribution in [0, 0.1) is 11.7 Å². The van der Waals surface area contributed by atoms with Crippen LogP contribution >= 0.6 is 0 Å². The molecule has 1 atom stereocenters. The fourth-order valence-electron chi connectivity index (χ4n) is 3.73. The molecule has 0 aliphatic carbocycles. The minimum absolute atomic E-state index is 0.132. The summed E-state index contributed by atoms with van der Waals surface area (Å²) in [6.45, 7) is 2.70. The van der Waals surface area contributed by atoms with Crippen LogP contribution in [-0.2, 0) is 13.0 Å². The number of likely N-dealkylation sites (tertiary alicyclic amines) is 1. The van der Waals surface area contributed by atoms with E-state index in [9.17, 15) is 9.18 Å². The van der Waals surface area contributed by atoms with E-state index in [1.807, 2.05) is 12.1 Å². The lowest BCUT2D eigenvalue weighted by atomic mass is 9.91. The Hall–Kier alpha value is -2.54. The molecule has 3 aromatic rings. The fraction of sp³-hybridized carbons (Fsp3) is 0.421. The molecule has 0 saturated carbocycles. The van der Waals surface area contributed by atoms with Gasteiger partial charge in [-0.2, -0.15) is 4.52 Å². The second-order valence-electron chi connectivity index (χ2n) is 7.02. The molecule has 3 heterocycles. The average molecular weight is 355 g/mol. The van der Waals surface area contributed by atoms with Crippen molar-refractivity contribution in [3.63, 3.8) is 0 Å². The minimum Gasteiger partial charge on any atom is -0.297 e. The van der Waals surface area contributed by atoms with Crippen molar-refractivity contribution in [3.05, 3.63) is 64.1 Å². The number of aromatic amines is 1. The predicted octanol–water partition coefficient (Wildman–Crippen LogP) is 2.40. The Morgan fingerprint density at radius 2 is 2.12 bits per heavy atom. The molecule has 0 radical (unpaired) electrons. The van der Waals surface area contributed by atoms with E-state index in [4.69, 9.17) is 0 Å². The van der Waals surface area contributed by atoms with Crippen molar-refractivity contribution in [1.29, 1.82) is 0 Å². The molecule has 2 aromatic heterocycles. The number of halogens is 1. The number of hydrogen-bond donors (Lipinski definition) is 1. The maximum atomic E-state index is 13.0. The number of fused-ring (bicyclic) bond motifs is 1. The van der Waals surface area contributed by atoms with Crippen LogP contribution in [-0.4, -0.2) is 37.6 Å². The van der Waals surface area contributed by atoms with Gasteiger partial charge in [0.1, 0.15) is 12.1 Å². The molecule has 0 unspecified atom stereocenters. The van der Waals surface area contributed by atoms with Gasteiger partial charge >= 0.3 is 0 Å². The van der Waals surface area contributed by atoms with Gasteiger partial charge in [0.05, 0.1) is 5.69 Å². The van der Waals surface area contributed by atoms with Crippen LogP contribution in [0.15, 0.2) is 41.5 Å². The summed E-state index contributed by atoms with van der Waals surface area (Å²) in [4.78, 5) is 23.0. The number of hydrogen-bond acceptors (Lipinski definition) is 4. The van der Waals surface area contributed by atoms with Crippen molar-refractivity contribution >= 4 is 5.78 Å². The third-order valence-electron chi connectivity index (χ3n) is 5.06. The van der Waals surface area contributed by atoms with Gasteiger partial charge in [-0.1, -0.05) is 12.1 Å². The number of nitrogens with one attached hydrogen (secondary N) is 1. The highest BCUT2D eigenvalue weighted by Crippen LogP contribution is 2.22. The van der Waals surface area contributed by atoms with E-state index in [0.29, 0.717) is 18.2 Å². The van der Waals surface area contributed by atoms with Gasteiger partial charge in [0.25, 0.3) is 11.3 Å². The average Bonchev–Trinajstić information content (AvgIpc) is 3.11. The Labute approximate surface area is 150 Å². The van der Waals surface area contributed by atoms with Gasteiger partial charge in [-0.15, -0.1) is 0 Å². The number of nitrogens with zero attached hydrogens (tertiary/aromatic N) is 4. The molecule has 0 spiro atoms. The van der Waals surface area contributed by atoms with Crippen LogP contribution in [0.3, 0.4) is 0 Å². The standard InChI is InChI=1S/C19H22FN5O/c20-16-7-5-14(6-8-16)3-4-15-2-1-9-24(11-15)12-17-10-18(26)25-19(23-17)21-13-22-25/h5-8,10,13,15H,1-4,9,11-12H2,(H,21,22,23)/t15-/m1/s1. The lowest BCUT2D eigenvalue weighted by Crippen LogP contribution is -2.35. The number of piperidine rings is 1. The molecule has 0 amide bonds. The largest absolute Gasteiger partial charge is 0.297 e. The van der Waals surface area contributed by atoms with Crippen LogP contribution in [0.4, 0.5) is 4.39 Å². The van der Waals surface area contributed by atoms with Crippen LogP contribution in [0.2, 0.25) is 0 Å². The van der Waals surface area contributed by atoms with Crippen LogP contribution in [0.1, 0.15) is 30.5 Å². The first kappa shape index (κ1) is 16.9. The lowest BCUT2D eigenvalue weighted by molar-refractivity contribution is 0.160. The fourth-order valence-corrected chi connectivity index (χ4v) is 3.73. The van der Waals surface area contributed by atoms with Gasteiger partial charge in [-0.25, -0.2) is 14.4 Å². The molecular formula is C19H22FN5O. The van der Waals surface area contributed by atoms with Crippen molar-refractivity contribution in [2.24, 2.45) is 5.92 Å². The maximum Gasteiger partial charge on any atom is 0.274 e. The zero-order valence-corrected chi connectivity index (χ0v) is 14.6. The van der Waals surface area contributed by atoms with Crippen molar-refractivity contribution in [1.82, 2.24) is 24.5 Å². The van der Waals surface area contributed by atoms with Crippen molar-refractivity contribution < 1.29 is 4.39 Å². The van der Waals surface area contributed by atoms with Gasteiger partial charge in [0, 0.05) is 19.2 Å². The van der Waals surface area contributed by atoms with Gasteiger partial charge in [0.2, 0.25) is 0 Å². The highest BCUT2D eigenvalue weighted by Gasteiger charge is 2.20. The Kier molecular flexibility index (Phi) is 4.79. The van der Waals surface area contributed by atoms with E-state index >= 15 is 0 Å². The second-order valence-corrected chi connectivity index (χ2v) is 7.02. The van der Waals surface area contributed by atoms with Gasteiger partial charge in [-0.05, 0) is 55.8 Å². The first-order valence-electron chi connectivity index (χ1n) is 9.06. The number of rotatable bonds is 5. The van der Waals surface area contributed by atoms with E-state index in [1.54, 1.807) is 6.07 Å². The van der Waals surface area contributed by atoms with Crippen molar-refractivity contribution in [3.8, 4) is 0 Å². The summed E-state index contributed by atoms with van der Waals surface area (Å²) in [6, 6.07) is 8.36. The highest BCUT2D eigenvalue weighted by molar-refractivity contribution is 5.26.